The molecule has 12 fully saturated rings. The van der Waals surface area contributed by atoms with Crippen LogP contribution in [-0.2, 0) is 139 Å². The Morgan fingerprint density at radius 2 is 0.326 bits per heavy atom. The predicted molar refractivity (Wildman–Crippen MR) is 510 cm³/mol. The van der Waals surface area contributed by atoms with E-state index in [-0.39, 0.29) is 183 Å². The molecule has 0 radical (unpaired) electrons. The number of carbonyl (C=O) groups is 23. The third-order valence-corrected chi connectivity index (χ3v) is 27.5. The number of hydrogen-bond donors (Lipinski definition) is 6. The summed E-state index contributed by atoms with van der Waals surface area (Å²) in [5.41, 5.74) is 0.491. The quantitative estimate of drug-likeness (QED) is 0.0298. The highest BCUT2D eigenvalue weighted by molar-refractivity contribution is 6.04. The third kappa shape index (κ3) is 39.7. The van der Waals surface area contributed by atoms with Crippen LogP contribution >= 0.6 is 0 Å². The van der Waals surface area contributed by atoms with Crippen molar-refractivity contribution in [2.24, 2.45) is 0 Å². The van der Waals surface area contributed by atoms with E-state index in [0.29, 0.717) is 156 Å². The van der Waals surface area contributed by atoms with Crippen LogP contribution in [0.2, 0.25) is 0 Å². The molecule has 0 aromatic rings. The SMILES string of the molecule is C=C1CCC(=O)N1OC(=O)CCNC(=O)C[15N]1[13C@H](C)CCC[13C@@H]1[13CH3].C[13C@@H]1CCC[13C@H]([13CH3])N1CC(=O)[15NH]CCC(=O)ON1C(=O)CCC1=O.C[C@@H]1CCC[C@H](C)N1C[13C](=O)[15NH][13CH2][13CH2][13C](=O)ON1C(=O)CCC1=O.C[C@@H]1CCC[C@H](C)N1[13CH2][13C](=O)[15NH][13CH2][13CH2]C(=O)ON1C(=O)CCC1=O.C[C@@H]1CCC[C@H]([13CH3])N1C[13C](=O)[15NH][13CH2]CC(=O)ON1C(=O)CCC1=O.C[C@@H]1CCC[C@H]([13CH3])N1[13CH2][13C](=O)[15NH]CCC(=O)ON1C(=O)CCC1=O. The Labute approximate surface area is 841 Å². The number of allylic oxidation sites excluding steroid dienone is 1. The molecular formula is C97H152N18O29. The molecule has 12 aliphatic rings. The Morgan fingerprint density at radius 3 is 0.451 bits per heavy atom. The summed E-state index contributed by atoms with van der Waals surface area (Å²) in [6, 6.07) is 4.52. The number of imide groups is 5. The van der Waals surface area contributed by atoms with E-state index in [2.05, 4.69) is 151 Å². The minimum atomic E-state index is -0.710. The van der Waals surface area contributed by atoms with Crippen LogP contribution in [0, 0.1) is 0 Å². The molecule has 12 heterocycles. The summed E-state index contributed by atoms with van der Waals surface area (Å²) in [6.07, 6.45) is 21.2. The number of hydrogen-bond acceptors (Lipinski definition) is 35. The van der Waals surface area contributed by atoms with Crippen molar-refractivity contribution in [1.82, 2.24) is 91.7 Å². The molecule has 0 aromatic heterocycles. The molecule has 804 valence electrons. The maximum atomic E-state index is 12.0. The Balaban J connectivity index is 0.000000234. The van der Waals surface area contributed by atoms with Gasteiger partial charge in [0.05, 0.1) is 83.5 Å². The normalized spacial score (nSPS) is 25.0. The molecule has 0 aliphatic carbocycles. The van der Waals surface area contributed by atoms with Gasteiger partial charge in [-0.25, -0.2) is 28.8 Å². The molecule has 12 atom stereocenters. The number of rotatable bonds is 36. The zero-order valence-corrected chi connectivity index (χ0v) is 85.8. The summed E-state index contributed by atoms with van der Waals surface area (Å²) < 4.78 is 0. The zero-order valence-electron chi connectivity index (χ0n) is 85.8. The Morgan fingerprint density at radius 1 is 0.208 bits per heavy atom. The fourth-order valence-corrected chi connectivity index (χ4v) is 18.8. The van der Waals surface area contributed by atoms with E-state index in [1.165, 1.54) is 38.5 Å². The maximum absolute atomic E-state index is 12.0. The van der Waals surface area contributed by atoms with E-state index in [1.54, 1.807) is 0 Å². The molecule has 0 spiro atoms. The zero-order chi connectivity index (χ0) is 106. The summed E-state index contributed by atoms with van der Waals surface area (Å²) in [5.74, 6) is -10.2. The van der Waals surface area contributed by atoms with Gasteiger partial charge in [0.15, 0.2) is 0 Å². The molecule has 12 rings (SSSR count). The van der Waals surface area contributed by atoms with Crippen LogP contribution < -0.4 is 31.9 Å². The number of likely N-dealkylation sites (tertiary alicyclic amines) is 6. The first kappa shape index (κ1) is 119. The van der Waals surface area contributed by atoms with Gasteiger partial charge in [0.2, 0.25) is 35.4 Å². The molecule has 17 amide bonds. The number of piperidine rings is 6. The Hall–Kier alpha value is -11.7. The molecule has 0 bridgehead atoms. The van der Waals surface area contributed by atoms with Crippen molar-refractivity contribution < 1.29 is 139 Å². The smallest absolute Gasteiger partial charge is 0.334 e. The second-order valence-electron chi connectivity index (χ2n) is 38.9. The average Bonchev–Trinajstić information content (AvgIpc) is 1.82. The van der Waals surface area contributed by atoms with E-state index >= 15 is 0 Å². The molecule has 47 heteroatoms. The molecule has 144 heavy (non-hydrogen) atoms. The standard InChI is InChI=1S/C17H27N3O4.5C16H25N3O5/c1-12-5-4-6-13(2)19(12)11-15(21)18-10-9-17(23)24-20-14(3)7-8-16(20)22;5*1-11-4-3-5-12(2)18(11)10-13(20)17-9-8-16(23)24-19-14(21)6-7-15(19)22/h12-13H,3-11H2,1-2H3,(H,18,21);5*11-12H,3-10H2,1-2H3,(H,17,20)/t12-,13+;5*11-,12+/i1+1,12+1,13+1,19+1;8+1,9+1,13+1,16+1,17+1;8+1,9+1,10+1,13+1,17+1;1+1,11+1,12+1,17+1;1+1,10+1,13+1,17+1;1+1,9+1,13+1,17+1/m0..000/s1. The van der Waals surface area contributed by atoms with Crippen LogP contribution in [0.25, 0.3) is 0 Å². The topological polar surface area (TPSA) is 559 Å². The minimum absolute atomic E-state index is 0.0217. The van der Waals surface area contributed by atoms with Gasteiger partial charge in [-0.2, -0.15) is 0 Å². The van der Waals surface area contributed by atoms with Gasteiger partial charge in [0.25, 0.3) is 65.0 Å². The van der Waals surface area contributed by atoms with Gasteiger partial charge in [0, 0.05) is 182 Å². The highest BCUT2D eigenvalue weighted by Gasteiger charge is 2.41. The van der Waals surface area contributed by atoms with Gasteiger partial charge in [0.1, 0.15) is 0 Å². The van der Waals surface area contributed by atoms with Crippen molar-refractivity contribution in [1.29, 1.82) is 0 Å². The van der Waals surface area contributed by atoms with Crippen LogP contribution in [0.1, 0.15) is 314 Å². The molecular weight excluding hydrogens is 1910 g/mol. The summed E-state index contributed by atoms with van der Waals surface area (Å²) in [5, 5.41) is 19.7. The summed E-state index contributed by atoms with van der Waals surface area (Å²) in [4.78, 5) is 309. The Bertz CT molecular complexity index is 3690. The summed E-state index contributed by atoms with van der Waals surface area (Å²) in [6.45, 7) is 31.8. The van der Waals surface area contributed by atoms with Gasteiger partial charge < -0.3 is 60.9 Å². The Kier molecular flexibility index (Phi) is 49.9. The predicted octanol–water partition coefficient (Wildman–Crippen LogP) is 3.16. The maximum Gasteiger partial charge on any atom is 0.334 e. The number of amides is 17. The fraction of sp³-hybridized carbons (Fsp3) is 0.742. The lowest BCUT2D eigenvalue weighted by molar-refractivity contribution is -0.197. The molecule has 0 saturated carbocycles. The van der Waals surface area contributed by atoms with Crippen molar-refractivity contribution in [3.8, 4) is 0 Å². The van der Waals surface area contributed by atoms with Crippen molar-refractivity contribution in [3.63, 3.8) is 0 Å². The van der Waals surface area contributed by atoms with Crippen LogP contribution in [0.4, 0.5) is 0 Å². The fourth-order valence-electron chi connectivity index (χ4n) is 18.8. The largest absolute Gasteiger partial charge is 0.354 e. The van der Waals surface area contributed by atoms with Crippen molar-refractivity contribution in [3.05, 3.63) is 12.3 Å². The lowest BCUT2D eigenvalue weighted by atomic mass is 9.98. The second kappa shape index (κ2) is 60.3. The molecule has 0 aromatic carbocycles. The third-order valence-electron chi connectivity index (χ3n) is 27.5. The van der Waals surface area contributed by atoms with E-state index < -0.39 is 94.9 Å². The summed E-state index contributed by atoms with van der Waals surface area (Å²) in [7, 11) is 0. The van der Waals surface area contributed by atoms with Crippen LogP contribution in [-0.4, -0.2) is 347 Å². The monoisotopic (exact) mass is 2060 g/mol. The molecule has 47 nitrogen and oxygen atoms in total. The first-order valence-electron chi connectivity index (χ1n) is 51.0. The number of carbonyl (C=O) groups excluding carboxylic acids is 23. The molecule has 12 saturated heterocycles. The van der Waals surface area contributed by atoms with E-state index in [0.717, 1.165) is 82.1 Å². The van der Waals surface area contributed by atoms with Gasteiger partial charge in [-0.1, -0.05) is 45.1 Å². The highest BCUT2D eigenvalue weighted by atomic mass is 16.8. The van der Waals surface area contributed by atoms with E-state index in [4.69, 9.17) is 29.0 Å². The first-order chi connectivity index (χ1) is 68.3. The molecule has 6 N–H and O–H groups in total. The van der Waals surface area contributed by atoms with Gasteiger partial charge >= 0.3 is 35.8 Å². The lowest BCUT2D eigenvalue weighted by Gasteiger charge is -2.38. The molecule has 12 aliphatic heterocycles. The van der Waals surface area contributed by atoms with E-state index in [9.17, 15) is 110 Å². The van der Waals surface area contributed by atoms with Gasteiger partial charge in [-0.15, -0.1) is 30.4 Å². The van der Waals surface area contributed by atoms with Crippen LogP contribution in [0.3, 0.4) is 0 Å². The molecule has 0 unspecified atom stereocenters. The minimum Gasteiger partial charge on any atom is -0.354 e. The van der Waals surface area contributed by atoms with Crippen LogP contribution in [0.15, 0.2) is 12.3 Å². The first-order valence-corrected chi connectivity index (χ1v) is 51.0. The second-order valence-corrected chi connectivity index (χ2v) is 38.9. The van der Waals surface area contributed by atoms with Crippen molar-refractivity contribution in [2.45, 2.75) is 387 Å². The highest BCUT2D eigenvalue weighted by Crippen LogP contribution is 2.30. The van der Waals surface area contributed by atoms with Gasteiger partial charge in [-0.3, -0.25) is 111 Å². The van der Waals surface area contributed by atoms with Crippen molar-refractivity contribution in [2.75, 3.05) is 78.5 Å². The number of nitrogens with one attached hydrogen (secondary N) is 6. The lowest BCUT2D eigenvalue weighted by Crippen LogP contribution is -2.48. The average molecular weight is 2060 g/mol. The van der Waals surface area contributed by atoms with Gasteiger partial charge in [-0.05, 0) is 167 Å². The summed E-state index contributed by atoms with van der Waals surface area (Å²) >= 11 is 0. The van der Waals surface area contributed by atoms with Crippen molar-refractivity contribution >= 4 is 136 Å². The van der Waals surface area contributed by atoms with Crippen LogP contribution in [0.5, 0.6) is 0 Å². The van der Waals surface area contributed by atoms with E-state index in [1.807, 2.05) is 0 Å². The number of hydroxylamine groups is 12. The number of nitrogens with zero attached hydrogens (tertiary/aromatic N) is 12.